The van der Waals surface area contributed by atoms with Gasteiger partial charge in [0.05, 0.1) is 11.5 Å². The number of ether oxygens (including phenoxy) is 1. The van der Waals surface area contributed by atoms with Gasteiger partial charge in [-0.15, -0.1) is 11.3 Å². The number of esters is 1. The van der Waals surface area contributed by atoms with Crippen LogP contribution >= 0.6 is 11.3 Å². The van der Waals surface area contributed by atoms with Gasteiger partial charge in [-0.25, -0.2) is 0 Å². The highest BCUT2D eigenvalue weighted by Gasteiger charge is 2.52. The lowest BCUT2D eigenvalue weighted by Gasteiger charge is -2.19. The van der Waals surface area contributed by atoms with Gasteiger partial charge in [0, 0.05) is 4.88 Å². The van der Waals surface area contributed by atoms with Crippen LogP contribution in [-0.4, -0.2) is 18.5 Å². The summed E-state index contributed by atoms with van der Waals surface area (Å²) in [4.78, 5) is 26.2. The van der Waals surface area contributed by atoms with Crippen molar-refractivity contribution in [3.05, 3.63) is 94.2 Å². The Balaban J connectivity index is 1.40. The zero-order valence-electron chi connectivity index (χ0n) is 15.3. The summed E-state index contributed by atoms with van der Waals surface area (Å²) in [5.74, 6) is -0.624. The van der Waals surface area contributed by atoms with Crippen molar-refractivity contribution in [3.8, 4) is 0 Å². The van der Waals surface area contributed by atoms with E-state index in [-0.39, 0.29) is 24.5 Å². The van der Waals surface area contributed by atoms with Gasteiger partial charge in [0.2, 0.25) is 0 Å². The molecule has 28 heavy (non-hydrogen) atoms. The van der Waals surface area contributed by atoms with Crippen LogP contribution in [0, 0.1) is 0 Å². The van der Waals surface area contributed by atoms with Gasteiger partial charge in [-0.3, -0.25) is 9.59 Å². The molecule has 0 radical (unpaired) electrons. The number of hydrogen-bond donors (Lipinski definition) is 1. The maximum Gasteiger partial charge on any atom is 0.317 e. The van der Waals surface area contributed by atoms with Crippen LogP contribution in [0.4, 0.5) is 0 Å². The van der Waals surface area contributed by atoms with Crippen molar-refractivity contribution in [3.63, 3.8) is 0 Å². The third-order valence-corrected chi connectivity index (χ3v) is 6.00. The Morgan fingerprint density at radius 3 is 2.25 bits per heavy atom. The molecule has 4 rings (SSSR count). The van der Waals surface area contributed by atoms with E-state index >= 15 is 0 Å². The molecule has 1 N–H and O–H groups in total. The Labute approximate surface area is 168 Å². The number of amides is 1. The first-order chi connectivity index (χ1) is 13.7. The molecule has 4 nitrogen and oxygen atoms in total. The summed E-state index contributed by atoms with van der Waals surface area (Å²) in [7, 11) is 0. The van der Waals surface area contributed by atoms with Crippen LogP contribution in [-0.2, 0) is 19.7 Å². The van der Waals surface area contributed by atoms with Crippen molar-refractivity contribution < 1.29 is 14.3 Å². The number of rotatable bonds is 7. The highest BCUT2D eigenvalue weighted by Crippen LogP contribution is 2.49. The van der Waals surface area contributed by atoms with Gasteiger partial charge >= 0.3 is 5.97 Å². The molecule has 1 aliphatic carbocycles. The third-order valence-electron chi connectivity index (χ3n) is 5.07. The highest BCUT2D eigenvalue weighted by molar-refractivity contribution is 7.10. The summed E-state index contributed by atoms with van der Waals surface area (Å²) in [6.45, 7) is -0.276. The van der Waals surface area contributed by atoms with Crippen LogP contribution in [0.25, 0.3) is 0 Å². The molecule has 3 aromatic rings. The molecular weight excluding hydrogens is 370 g/mol. The molecule has 1 atom stereocenters. The molecule has 0 bridgehead atoms. The summed E-state index contributed by atoms with van der Waals surface area (Å²) in [5, 5.41) is 4.98. The zero-order chi connectivity index (χ0) is 19.4. The number of benzene rings is 2. The average Bonchev–Trinajstić information content (AvgIpc) is 3.39. The standard InChI is InChI=1S/C23H21NO3S/c25-20(16-27-22(26)23(13-14-23)18-10-5-2-6-11-18)24-21(19-12-7-15-28-19)17-8-3-1-4-9-17/h1-12,15,21H,13-14,16H2,(H,24,25)/t21-/m0/s1. The van der Waals surface area contributed by atoms with E-state index < -0.39 is 5.41 Å². The third kappa shape index (κ3) is 3.85. The van der Waals surface area contributed by atoms with Crippen LogP contribution in [0.1, 0.15) is 34.9 Å². The predicted octanol–water partition coefficient (Wildman–Crippen LogP) is 4.23. The fourth-order valence-electron chi connectivity index (χ4n) is 3.38. The molecule has 0 unspecified atom stereocenters. The lowest BCUT2D eigenvalue weighted by atomic mass is 9.96. The van der Waals surface area contributed by atoms with Crippen LogP contribution in [0.3, 0.4) is 0 Å². The second-order valence-corrected chi connectivity index (χ2v) is 7.93. The molecule has 1 aromatic heterocycles. The summed E-state index contributed by atoms with van der Waals surface area (Å²) in [6, 6.07) is 23.1. The molecular formula is C23H21NO3S. The van der Waals surface area contributed by atoms with Crippen molar-refractivity contribution >= 4 is 23.2 Å². The van der Waals surface area contributed by atoms with Gasteiger partial charge in [0.15, 0.2) is 6.61 Å². The Hall–Kier alpha value is -2.92. The minimum Gasteiger partial charge on any atom is -0.455 e. The first-order valence-corrected chi connectivity index (χ1v) is 10.2. The number of carbonyl (C=O) groups excluding carboxylic acids is 2. The molecule has 1 heterocycles. The van der Waals surface area contributed by atoms with Gasteiger partial charge < -0.3 is 10.1 Å². The Morgan fingerprint density at radius 2 is 1.64 bits per heavy atom. The maximum atomic E-state index is 12.6. The molecule has 0 saturated heterocycles. The van der Waals surface area contributed by atoms with Crippen molar-refractivity contribution in [2.45, 2.75) is 24.3 Å². The largest absolute Gasteiger partial charge is 0.455 e. The van der Waals surface area contributed by atoms with Gasteiger partial charge in [0.1, 0.15) is 0 Å². The molecule has 2 aromatic carbocycles. The number of carbonyl (C=O) groups is 2. The van der Waals surface area contributed by atoms with E-state index in [1.165, 1.54) is 0 Å². The van der Waals surface area contributed by atoms with E-state index in [1.54, 1.807) is 11.3 Å². The van der Waals surface area contributed by atoms with E-state index in [2.05, 4.69) is 5.32 Å². The van der Waals surface area contributed by atoms with Crippen LogP contribution in [0.2, 0.25) is 0 Å². The predicted molar refractivity (Wildman–Crippen MR) is 109 cm³/mol. The lowest BCUT2D eigenvalue weighted by molar-refractivity contribution is -0.151. The van der Waals surface area contributed by atoms with Crippen LogP contribution in [0.5, 0.6) is 0 Å². The summed E-state index contributed by atoms with van der Waals surface area (Å²) >= 11 is 1.58. The molecule has 1 fully saturated rings. The fraction of sp³-hybridized carbons (Fsp3) is 0.217. The van der Waals surface area contributed by atoms with Gasteiger partial charge in [-0.1, -0.05) is 66.7 Å². The fourth-order valence-corrected chi connectivity index (χ4v) is 4.19. The van der Waals surface area contributed by atoms with Gasteiger partial charge in [-0.2, -0.15) is 0 Å². The summed E-state index contributed by atoms with van der Waals surface area (Å²) in [6.07, 6.45) is 1.53. The van der Waals surface area contributed by atoms with E-state index in [0.29, 0.717) is 0 Å². The second-order valence-electron chi connectivity index (χ2n) is 6.95. The minimum atomic E-state index is -0.575. The maximum absolute atomic E-state index is 12.6. The number of thiophene rings is 1. The molecule has 142 valence electrons. The van der Waals surface area contributed by atoms with Crippen molar-refractivity contribution in [1.29, 1.82) is 0 Å². The molecule has 0 spiro atoms. The number of hydrogen-bond acceptors (Lipinski definition) is 4. The van der Waals surface area contributed by atoms with Crippen molar-refractivity contribution in [1.82, 2.24) is 5.32 Å². The molecule has 1 saturated carbocycles. The normalized spacial score (nSPS) is 15.4. The molecule has 1 amide bonds. The average molecular weight is 391 g/mol. The van der Waals surface area contributed by atoms with Crippen molar-refractivity contribution in [2.75, 3.05) is 6.61 Å². The quantitative estimate of drug-likeness (QED) is 0.613. The van der Waals surface area contributed by atoms with Crippen LogP contribution < -0.4 is 5.32 Å². The van der Waals surface area contributed by atoms with E-state index in [1.807, 2.05) is 78.2 Å². The first kappa shape index (κ1) is 18.4. The van der Waals surface area contributed by atoms with Crippen LogP contribution in [0.15, 0.2) is 78.2 Å². The summed E-state index contributed by atoms with van der Waals surface area (Å²) < 4.78 is 5.39. The smallest absolute Gasteiger partial charge is 0.317 e. The number of nitrogens with one attached hydrogen (secondary N) is 1. The lowest BCUT2D eigenvalue weighted by Crippen LogP contribution is -2.34. The van der Waals surface area contributed by atoms with E-state index in [9.17, 15) is 9.59 Å². The van der Waals surface area contributed by atoms with Crippen molar-refractivity contribution in [2.24, 2.45) is 0 Å². The molecule has 5 heteroatoms. The Kier molecular flexibility index (Phi) is 5.26. The highest BCUT2D eigenvalue weighted by atomic mass is 32.1. The second kappa shape index (κ2) is 7.98. The molecule has 0 aliphatic heterocycles. The zero-order valence-corrected chi connectivity index (χ0v) is 16.2. The molecule has 1 aliphatic rings. The SMILES string of the molecule is O=C(COC(=O)C1(c2ccccc2)CC1)N[C@@H](c1ccccc1)c1cccs1. The minimum absolute atomic E-state index is 0.253. The van der Waals surface area contributed by atoms with Gasteiger partial charge in [-0.05, 0) is 35.4 Å². The Morgan fingerprint density at radius 1 is 0.964 bits per heavy atom. The topological polar surface area (TPSA) is 55.4 Å². The van der Waals surface area contributed by atoms with E-state index in [4.69, 9.17) is 4.74 Å². The van der Waals surface area contributed by atoms with Gasteiger partial charge in [0.25, 0.3) is 5.91 Å². The summed E-state index contributed by atoms with van der Waals surface area (Å²) in [5.41, 5.74) is 1.38. The first-order valence-electron chi connectivity index (χ1n) is 9.29. The monoisotopic (exact) mass is 391 g/mol. The Bertz CT molecular complexity index is 935. The van der Waals surface area contributed by atoms with E-state index in [0.717, 1.165) is 28.8 Å².